The molecule has 0 aromatic heterocycles. The Balaban J connectivity index is 0.000000373. The Bertz CT molecular complexity index is 2060. The molecule has 0 saturated heterocycles. The molecule has 0 radical (unpaired) electrons. The summed E-state index contributed by atoms with van der Waals surface area (Å²) in [5.41, 5.74) is 6.67. The van der Waals surface area contributed by atoms with Crippen molar-refractivity contribution in [1.82, 2.24) is 4.90 Å². The molecule has 0 atom stereocenters. The molecule has 0 N–H and O–H groups in total. The molecule has 5 aromatic rings. The Morgan fingerprint density at radius 3 is 1.83 bits per heavy atom. The van der Waals surface area contributed by atoms with Gasteiger partial charge in [0.2, 0.25) is 0 Å². The van der Waals surface area contributed by atoms with Gasteiger partial charge in [0.25, 0.3) is 5.91 Å². The zero-order valence-corrected chi connectivity index (χ0v) is 28.0. The molecule has 47 heavy (non-hydrogen) atoms. The van der Waals surface area contributed by atoms with Crippen molar-refractivity contribution in [2.24, 2.45) is 0 Å². The number of amides is 1. The zero-order valence-electron chi connectivity index (χ0n) is 27.2. The first kappa shape index (κ1) is 31.9. The van der Waals surface area contributed by atoms with E-state index in [-0.39, 0.29) is 29.9 Å². The fraction of sp³-hybridized carbons (Fsp3) is 0.163. The van der Waals surface area contributed by atoms with E-state index < -0.39 is 0 Å². The number of nitrogens with zero attached hydrogens (tertiary/aromatic N) is 1. The maximum atomic E-state index is 14.2. The predicted octanol–water partition coefficient (Wildman–Crippen LogP) is 9.90. The van der Waals surface area contributed by atoms with Crippen molar-refractivity contribution in [2.75, 3.05) is 6.54 Å². The van der Waals surface area contributed by atoms with Gasteiger partial charge >= 0.3 is 0 Å². The van der Waals surface area contributed by atoms with Gasteiger partial charge in [0, 0.05) is 27.7 Å². The van der Waals surface area contributed by atoms with Crippen molar-refractivity contribution in [1.29, 1.82) is 0 Å². The van der Waals surface area contributed by atoms with Gasteiger partial charge in [-0.1, -0.05) is 135 Å². The number of ketones is 1. The summed E-state index contributed by atoms with van der Waals surface area (Å²) in [5.74, 6) is 3.32. The molecule has 0 saturated carbocycles. The molecule has 0 bridgehead atoms. The molecular weight excluding hydrogens is 595 g/mol. The number of rotatable bonds is 6. The number of hydrogen-bond donors (Lipinski definition) is 0. The molecule has 0 heterocycles. The fourth-order valence-corrected chi connectivity index (χ4v) is 6.70. The summed E-state index contributed by atoms with van der Waals surface area (Å²) in [6.45, 7) is 8.58. The van der Waals surface area contributed by atoms with Gasteiger partial charge in [-0.05, 0) is 81.9 Å². The summed E-state index contributed by atoms with van der Waals surface area (Å²) in [4.78, 5) is 31.1. The molecule has 3 nitrogen and oxygen atoms in total. The number of fused-ring (bicyclic) bond motifs is 3. The van der Waals surface area contributed by atoms with Crippen LogP contribution in [0, 0.1) is 11.2 Å². The number of benzene rings is 5. The topological polar surface area (TPSA) is 37.4 Å². The van der Waals surface area contributed by atoms with Gasteiger partial charge in [-0.15, -0.1) is 0 Å². The molecule has 0 aliphatic heterocycles. The van der Waals surface area contributed by atoms with E-state index in [1.807, 2.05) is 98.8 Å². The quantitative estimate of drug-likeness (QED) is 0.106. The van der Waals surface area contributed by atoms with Crippen LogP contribution >= 0.6 is 11.8 Å². The van der Waals surface area contributed by atoms with Crippen molar-refractivity contribution < 1.29 is 9.59 Å². The third kappa shape index (κ3) is 6.45. The SMILES string of the molecule is CC(C)N(CC#CSc1ccccc1)C(=O)C1=C2C(=C(c3ccccc3)C1=O)c1cccc3cccc2c13.CC(C)c1ccccc1. The highest BCUT2D eigenvalue weighted by Gasteiger charge is 2.43. The average molecular weight is 632 g/mol. The van der Waals surface area contributed by atoms with E-state index in [4.69, 9.17) is 0 Å². The fourth-order valence-electron chi connectivity index (χ4n) is 6.15. The van der Waals surface area contributed by atoms with Gasteiger partial charge in [-0.3, -0.25) is 9.59 Å². The molecule has 0 spiro atoms. The normalized spacial score (nSPS) is 13.0. The highest BCUT2D eigenvalue weighted by atomic mass is 32.2. The van der Waals surface area contributed by atoms with E-state index in [2.05, 4.69) is 67.5 Å². The second-order valence-corrected chi connectivity index (χ2v) is 13.1. The third-order valence-corrected chi connectivity index (χ3v) is 9.26. The van der Waals surface area contributed by atoms with Gasteiger partial charge in [-0.25, -0.2) is 0 Å². The van der Waals surface area contributed by atoms with Crippen LogP contribution in [0.1, 0.15) is 55.9 Å². The lowest BCUT2D eigenvalue weighted by Crippen LogP contribution is -2.39. The lowest BCUT2D eigenvalue weighted by Gasteiger charge is -2.25. The van der Waals surface area contributed by atoms with Crippen LogP contribution in [0.4, 0.5) is 0 Å². The number of allylic oxidation sites excluding steroid dienone is 3. The highest BCUT2D eigenvalue weighted by molar-refractivity contribution is 8.03. The first-order chi connectivity index (χ1) is 22.9. The molecule has 0 unspecified atom stereocenters. The lowest BCUT2D eigenvalue weighted by atomic mass is 9.95. The van der Waals surface area contributed by atoms with Crippen molar-refractivity contribution in [3.8, 4) is 11.2 Å². The van der Waals surface area contributed by atoms with Crippen molar-refractivity contribution in [3.63, 3.8) is 0 Å². The molecule has 1 amide bonds. The van der Waals surface area contributed by atoms with Crippen LogP contribution in [0.2, 0.25) is 0 Å². The van der Waals surface area contributed by atoms with E-state index in [9.17, 15) is 9.59 Å². The maximum Gasteiger partial charge on any atom is 0.259 e. The zero-order chi connectivity index (χ0) is 32.9. The summed E-state index contributed by atoms with van der Waals surface area (Å²) >= 11 is 1.43. The molecule has 5 aromatic carbocycles. The van der Waals surface area contributed by atoms with Crippen LogP contribution in [-0.2, 0) is 9.59 Å². The smallest absolute Gasteiger partial charge is 0.259 e. The first-order valence-corrected chi connectivity index (χ1v) is 16.9. The molecule has 2 aliphatic rings. The summed E-state index contributed by atoms with van der Waals surface area (Å²) < 4.78 is 0. The molecule has 232 valence electrons. The second-order valence-electron chi connectivity index (χ2n) is 12.2. The monoisotopic (exact) mass is 631 g/mol. The minimum Gasteiger partial charge on any atom is -0.325 e. The van der Waals surface area contributed by atoms with Crippen molar-refractivity contribution in [3.05, 3.63) is 155 Å². The van der Waals surface area contributed by atoms with Gasteiger partial charge in [0.05, 0.1) is 12.1 Å². The summed E-state index contributed by atoms with van der Waals surface area (Å²) in [5, 5.41) is 5.32. The number of hydrogen-bond acceptors (Lipinski definition) is 3. The molecule has 7 rings (SSSR count). The summed E-state index contributed by atoms with van der Waals surface area (Å²) in [7, 11) is 0. The standard InChI is InChI=1S/C34H25NO2S.C9H12/c1-22(2)35(20-11-21-38-25-16-7-4-8-17-25)34(37)32-31-27-19-10-15-23-14-9-18-26(28(23)27)30(31)29(33(32)36)24-12-5-3-6-13-24;1-8(2)9-6-4-3-5-7-9/h3-10,12-19,22H,20H2,1-2H3;3-8H,1-2H3. The third-order valence-electron chi connectivity index (χ3n) is 8.51. The van der Waals surface area contributed by atoms with Crippen molar-refractivity contribution in [2.45, 2.75) is 44.6 Å². The molecular formula is C43H37NO2S. The average Bonchev–Trinajstić information content (AvgIpc) is 3.58. The van der Waals surface area contributed by atoms with Crippen molar-refractivity contribution >= 4 is 50.9 Å². The van der Waals surface area contributed by atoms with Crippen LogP contribution in [0.15, 0.2) is 138 Å². The summed E-state index contributed by atoms with van der Waals surface area (Å²) in [6.07, 6.45) is 0. The molecule has 2 aliphatic carbocycles. The minimum absolute atomic E-state index is 0.122. The molecule has 4 heteroatoms. The number of Topliss-reactive ketones (excluding diaryl/α,β-unsaturated/α-hetero) is 1. The van der Waals surface area contributed by atoms with Crippen LogP contribution in [-0.4, -0.2) is 29.2 Å². The van der Waals surface area contributed by atoms with Crippen LogP contribution in [0.5, 0.6) is 0 Å². The number of carbonyl (C=O) groups excluding carboxylic acids is 2. The van der Waals surface area contributed by atoms with E-state index in [1.165, 1.54) is 17.3 Å². The van der Waals surface area contributed by atoms with Crippen LogP contribution in [0.3, 0.4) is 0 Å². The van der Waals surface area contributed by atoms with E-state index in [0.29, 0.717) is 11.5 Å². The molecule has 0 fully saturated rings. The van der Waals surface area contributed by atoms with E-state index >= 15 is 0 Å². The second kappa shape index (κ2) is 14.1. The maximum absolute atomic E-state index is 14.2. The lowest BCUT2D eigenvalue weighted by molar-refractivity contribution is -0.129. The Morgan fingerprint density at radius 2 is 1.26 bits per heavy atom. The largest absolute Gasteiger partial charge is 0.325 e. The Hall–Kier alpha value is -5.11. The van der Waals surface area contributed by atoms with Gasteiger partial charge in [-0.2, -0.15) is 0 Å². The number of thioether (sulfide) groups is 1. The van der Waals surface area contributed by atoms with Gasteiger partial charge in [0.15, 0.2) is 5.78 Å². The van der Waals surface area contributed by atoms with E-state index in [1.54, 1.807) is 4.90 Å². The Kier molecular flexibility index (Phi) is 9.57. The van der Waals surface area contributed by atoms with E-state index in [0.717, 1.165) is 43.5 Å². The Morgan fingerprint density at radius 1 is 0.681 bits per heavy atom. The highest BCUT2D eigenvalue weighted by Crippen LogP contribution is 2.54. The van der Waals surface area contributed by atoms with Gasteiger partial charge in [0.1, 0.15) is 0 Å². The summed E-state index contributed by atoms with van der Waals surface area (Å²) in [6, 6.07) is 42.3. The van der Waals surface area contributed by atoms with Gasteiger partial charge < -0.3 is 4.90 Å². The van der Waals surface area contributed by atoms with Crippen LogP contribution in [0.25, 0.3) is 27.5 Å². The predicted molar refractivity (Wildman–Crippen MR) is 197 cm³/mol. The first-order valence-electron chi connectivity index (χ1n) is 16.0. The number of carbonyl (C=O) groups is 2. The minimum atomic E-state index is -0.271. The van der Waals surface area contributed by atoms with Crippen LogP contribution < -0.4 is 0 Å². The Labute approximate surface area is 282 Å².